The van der Waals surface area contributed by atoms with Gasteiger partial charge in [-0.3, -0.25) is 9.13 Å². The van der Waals surface area contributed by atoms with Gasteiger partial charge in [0.05, 0.1) is 66.2 Å². The first-order valence-electron chi connectivity index (χ1n) is 46.6. The van der Waals surface area contributed by atoms with Crippen LogP contribution in [0.15, 0.2) is 497 Å². The van der Waals surface area contributed by atoms with Crippen molar-refractivity contribution in [2.45, 2.75) is 0 Å². The maximum atomic E-state index is 5.32. The van der Waals surface area contributed by atoms with E-state index in [9.17, 15) is 0 Å². The van der Waals surface area contributed by atoms with Crippen molar-refractivity contribution in [1.82, 2.24) is 57.3 Å². The van der Waals surface area contributed by atoms with Crippen molar-refractivity contribution in [2.75, 3.05) is 0 Å². The molecule has 20 aromatic carbocycles. The van der Waals surface area contributed by atoms with Crippen LogP contribution in [-0.4, -0.2) is 57.3 Å². The van der Waals surface area contributed by atoms with E-state index < -0.39 is 0 Å². The molecule has 0 aliphatic rings. The summed E-state index contributed by atoms with van der Waals surface area (Å²) in [4.78, 5) is 30.7. The predicted molar refractivity (Wildman–Crippen MR) is 570 cm³/mol. The van der Waals surface area contributed by atoms with Crippen molar-refractivity contribution in [1.29, 1.82) is 0 Å². The highest BCUT2D eigenvalue weighted by Crippen LogP contribution is 2.43. The van der Waals surface area contributed by atoms with Crippen LogP contribution in [0.1, 0.15) is 0 Å². The summed E-state index contributed by atoms with van der Waals surface area (Å²) in [5.74, 6) is 3.67. The molecule has 646 valence electrons. The molecule has 138 heavy (non-hydrogen) atoms. The molecule has 12 heteroatoms. The van der Waals surface area contributed by atoms with E-state index in [2.05, 4.69) is 464 Å². The van der Waals surface area contributed by atoms with Crippen LogP contribution in [0.2, 0.25) is 0 Å². The largest absolute Gasteiger partial charge is 0.309 e. The second-order valence-corrected chi connectivity index (χ2v) is 34.9. The first-order chi connectivity index (χ1) is 68.5. The maximum Gasteiger partial charge on any atom is 0.240 e. The van der Waals surface area contributed by atoms with Crippen LogP contribution in [0.5, 0.6) is 0 Å². The minimum Gasteiger partial charge on any atom is -0.309 e. The minimum absolute atomic E-state index is 0.563. The van der Waals surface area contributed by atoms with E-state index in [4.69, 9.17) is 29.9 Å². The summed E-state index contributed by atoms with van der Waals surface area (Å²) in [7, 11) is 0. The van der Waals surface area contributed by atoms with Crippen molar-refractivity contribution >= 4 is 131 Å². The molecule has 0 saturated carbocycles. The lowest BCUT2D eigenvalue weighted by Crippen LogP contribution is -2.10. The van der Waals surface area contributed by atoms with Gasteiger partial charge in [-0.05, 0) is 173 Å². The third-order valence-corrected chi connectivity index (χ3v) is 26.9. The third kappa shape index (κ3) is 13.9. The molecule has 0 saturated heterocycles. The van der Waals surface area contributed by atoms with Gasteiger partial charge in [0.15, 0.2) is 23.3 Å². The van der Waals surface area contributed by atoms with Crippen molar-refractivity contribution in [3.63, 3.8) is 0 Å². The van der Waals surface area contributed by atoms with Gasteiger partial charge in [-0.15, -0.1) is 0 Å². The molecule has 0 unspecified atom stereocenters. The van der Waals surface area contributed by atoms with Crippen LogP contribution >= 0.6 is 0 Å². The number of hydrogen-bond acceptors (Lipinski definition) is 6. The SMILES string of the molecule is c1cc(-c2cccc(-n3c4ccccc4c4ccccc43)c2)cc(-c2nc(-n3c4ccccc4c4ccccc43)nc(-n3c4ccccc4c4ccccc43)n2)c1.c1ccc(-c2ccc3c(c2)c2ccccc2n3-c2cccc(-c3nc(-c4ccccc4)nc(-c4ccccc4)n3)c2)cc1.c1ccc(-n2c3ccccc3c3cc(-c4cccc(-n5c6ccccc6c6ccccc65)c4)ccc32)cc1. The zero-order valence-corrected chi connectivity index (χ0v) is 74.7. The Morgan fingerprint density at radius 1 is 0.109 bits per heavy atom. The lowest BCUT2D eigenvalue weighted by Gasteiger charge is -2.13. The summed E-state index contributed by atoms with van der Waals surface area (Å²) in [5.41, 5.74) is 29.0. The predicted octanol–water partition coefficient (Wildman–Crippen LogP) is 31.7. The van der Waals surface area contributed by atoms with E-state index in [0.29, 0.717) is 35.2 Å². The third-order valence-electron chi connectivity index (χ3n) is 26.9. The topological polar surface area (TPSA) is 107 Å². The first-order valence-corrected chi connectivity index (χ1v) is 46.6. The van der Waals surface area contributed by atoms with Gasteiger partial charge in [0, 0.05) is 110 Å². The Kier molecular flexibility index (Phi) is 19.6. The number of aromatic nitrogens is 12. The molecule has 0 atom stereocenters. The molecule has 28 aromatic rings. The molecular weight excluding hydrogens is 1680 g/mol. The first kappa shape index (κ1) is 80.1. The van der Waals surface area contributed by atoms with Crippen LogP contribution in [-0.2, 0) is 0 Å². The normalized spacial score (nSPS) is 11.6. The number of hydrogen-bond donors (Lipinski definition) is 0. The van der Waals surface area contributed by atoms with Crippen molar-refractivity contribution in [3.8, 4) is 114 Å². The van der Waals surface area contributed by atoms with Crippen LogP contribution in [0, 0.1) is 0 Å². The molecule has 0 amide bonds. The van der Waals surface area contributed by atoms with Gasteiger partial charge in [0.2, 0.25) is 11.9 Å². The second-order valence-electron chi connectivity index (χ2n) is 34.9. The van der Waals surface area contributed by atoms with Gasteiger partial charge >= 0.3 is 0 Å². The average molecular weight is 1760 g/mol. The standard InChI is InChI=1S/C51H32N6.C39H26N4.C36H24N2/c1-7-25-43-37(19-1)38-20-2-8-26-44(38)55(43)36-18-14-16-34(32-36)33-15-13-17-35(31-33)49-52-50(56-45-27-9-3-21-39(45)40-22-4-10-28-46(40)56)54-51(53-49)57-47-29-11-5-23-41(47)42-24-6-12-30-48(42)57;1-4-13-27(14-5-1)30-23-24-36-34(26-30)33-21-10-11-22-35(33)43(36)32-20-12-19-31(25-32)39-41-37(28-15-6-2-7-16-28)40-38(42-39)29-17-8-3-9-18-29;1-2-12-27(13-3-1)37-35-20-9-6-17-31(35)32-24-26(21-22-36(32)37)25-11-10-14-28(23-25)38-33-18-7-4-15-29(33)30-16-5-8-19-34(30)38/h1-32H;1-26H;1-24H. The highest BCUT2D eigenvalue weighted by atomic mass is 15.3. The highest BCUT2D eigenvalue weighted by Gasteiger charge is 2.25. The van der Waals surface area contributed by atoms with Gasteiger partial charge < -0.3 is 18.3 Å². The molecule has 8 aromatic heterocycles. The van der Waals surface area contributed by atoms with Crippen molar-refractivity contribution in [3.05, 3.63) is 497 Å². The molecule has 0 N–H and O–H groups in total. The van der Waals surface area contributed by atoms with Crippen LogP contribution in [0.25, 0.3) is 244 Å². The number of benzene rings is 20. The van der Waals surface area contributed by atoms with E-state index in [0.717, 1.165) is 99.4 Å². The number of nitrogens with zero attached hydrogens (tertiary/aromatic N) is 12. The van der Waals surface area contributed by atoms with Gasteiger partial charge in [0.1, 0.15) is 0 Å². The fraction of sp³-hybridized carbons (Fsp3) is 0. The number of fused-ring (bicyclic) bond motifs is 18. The molecule has 0 fully saturated rings. The Bertz CT molecular complexity index is 9220. The lowest BCUT2D eigenvalue weighted by atomic mass is 10.0. The zero-order chi connectivity index (χ0) is 91.1. The fourth-order valence-corrected chi connectivity index (χ4v) is 20.6. The molecular formula is C126H82N12. The quantitative estimate of drug-likeness (QED) is 0.114. The van der Waals surface area contributed by atoms with E-state index in [1.54, 1.807) is 0 Å². The number of rotatable bonds is 13. The Hall–Kier alpha value is -18.8. The monoisotopic (exact) mass is 1760 g/mol. The summed E-state index contributed by atoms with van der Waals surface area (Å²) >= 11 is 0. The van der Waals surface area contributed by atoms with Crippen LogP contribution in [0.3, 0.4) is 0 Å². The van der Waals surface area contributed by atoms with Gasteiger partial charge in [-0.2, -0.15) is 15.0 Å². The molecule has 0 spiro atoms. The maximum absolute atomic E-state index is 5.32. The highest BCUT2D eigenvalue weighted by molar-refractivity contribution is 6.15. The van der Waals surface area contributed by atoms with Crippen LogP contribution < -0.4 is 0 Å². The summed E-state index contributed by atoms with van der Waals surface area (Å²) in [6.07, 6.45) is 0. The van der Waals surface area contributed by atoms with E-state index >= 15 is 0 Å². The second kappa shape index (κ2) is 33.8. The van der Waals surface area contributed by atoms with E-state index in [1.165, 1.54) is 110 Å². The van der Waals surface area contributed by atoms with Crippen molar-refractivity contribution in [2.24, 2.45) is 0 Å². The minimum atomic E-state index is 0.563. The van der Waals surface area contributed by atoms with Crippen LogP contribution in [0.4, 0.5) is 0 Å². The Labute approximate surface area is 793 Å². The Balaban J connectivity index is 0.000000110. The zero-order valence-electron chi connectivity index (χ0n) is 74.7. The molecule has 8 heterocycles. The average Bonchev–Trinajstić information content (AvgIpc) is 1.67. The molecule has 28 rings (SSSR count). The summed E-state index contributed by atoms with van der Waals surface area (Å²) in [6.45, 7) is 0. The lowest BCUT2D eigenvalue weighted by molar-refractivity contribution is 0.893. The number of para-hydroxylation sites is 11. The van der Waals surface area contributed by atoms with Gasteiger partial charge in [-0.1, -0.05) is 358 Å². The fourth-order valence-electron chi connectivity index (χ4n) is 20.6. The summed E-state index contributed by atoms with van der Waals surface area (Å²) in [5, 5.41) is 14.6. The van der Waals surface area contributed by atoms with Gasteiger partial charge in [-0.25, -0.2) is 15.0 Å². The summed E-state index contributed by atoms with van der Waals surface area (Å²) in [6, 6.07) is 175. The summed E-state index contributed by atoms with van der Waals surface area (Å²) < 4.78 is 13.8. The Morgan fingerprint density at radius 3 is 0.652 bits per heavy atom. The smallest absolute Gasteiger partial charge is 0.240 e. The molecule has 0 aliphatic heterocycles. The van der Waals surface area contributed by atoms with Gasteiger partial charge in [0.25, 0.3) is 0 Å². The molecule has 12 nitrogen and oxygen atoms in total. The van der Waals surface area contributed by atoms with E-state index in [1.807, 2.05) is 60.7 Å². The molecule has 0 radical (unpaired) electrons. The van der Waals surface area contributed by atoms with E-state index in [-0.39, 0.29) is 0 Å². The molecule has 0 aliphatic carbocycles. The Morgan fingerprint density at radius 2 is 0.312 bits per heavy atom. The van der Waals surface area contributed by atoms with Crippen molar-refractivity contribution < 1.29 is 0 Å². The molecule has 0 bridgehead atoms.